The van der Waals surface area contributed by atoms with Crippen molar-refractivity contribution in [2.24, 2.45) is 5.41 Å². The van der Waals surface area contributed by atoms with E-state index in [1.807, 2.05) is 6.07 Å². The summed E-state index contributed by atoms with van der Waals surface area (Å²) >= 11 is 0. The third-order valence-corrected chi connectivity index (χ3v) is 3.59. The molecule has 1 aromatic rings. The zero-order chi connectivity index (χ0) is 13.4. The number of halogens is 2. The molecule has 0 amide bonds. The third-order valence-electron chi connectivity index (χ3n) is 3.59. The largest absolute Gasteiger partial charge is 0.384 e. The van der Waals surface area contributed by atoms with Crippen molar-refractivity contribution in [1.82, 2.24) is 0 Å². The van der Waals surface area contributed by atoms with Crippen molar-refractivity contribution >= 4 is 0 Å². The molecule has 2 atom stereocenters. The maximum absolute atomic E-state index is 13.2. The summed E-state index contributed by atoms with van der Waals surface area (Å²) in [4.78, 5) is 0. The minimum absolute atomic E-state index is 0.0482. The van der Waals surface area contributed by atoms with Crippen molar-refractivity contribution in [2.45, 2.75) is 18.9 Å². The number of benzene rings is 1. The number of ether oxygens (including phenoxy) is 1. The van der Waals surface area contributed by atoms with Crippen LogP contribution < -0.4 is 0 Å². The number of rotatable bonds is 2. The Balaban J connectivity index is 2.50. The van der Waals surface area contributed by atoms with Gasteiger partial charge in [0.15, 0.2) is 0 Å². The normalized spacial score (nSPS) is 26.6. The molecule has 18 heavy (non-hydrogen) atoms. The molecule has 1 saturated heterocycles. The monoisotopic (exact) mass is 253 g/mol. The summed E-state index contributed by atoms with van der Waals surface area (Å²) in [5.41, 5.74) is -2.79. The fraction of sp³-hybridized carbons (Fsp3) is 0.462. The van der Waals surface area contributed by atoms with E-state index < -0.39 is 22.7 Å². The highest BCUT2D eigenvalue weighted by Crippen LogP contribution is 2.45. The fourth-order valence-electron chi connectivity index (χ4n) is 2.26. The van der Waals surface area contributed by atoms with Crippen LogP contribution in [0.1, 0.15) is 18.9 Å². The van der Waals surface area contributed by atoms with Crippen LogP contribution in [0.2, 0.25) is 0 Å². The van der Waals surface area contributed by atoms with Gasteiger partial charge in [-0.3, -0.25) is 0 Å². The Morgan fingerprint density at radius 1 is 1.39 bits per heavy atom. The SMILES string of the molecule is CC(O)(c1cc(F)cc(F)c1)C1(C#N)CCOC1. The van der Waals surface area contributed by atoms with Crippen molar-refractivity contribution in [1.29, 1.82) is 5.26 Å². The minimum atomic E-state index is -1.67. The molecule has 0 bridgehead atoms. The molecule has 0 saturated carbocycles. The molecule has 0 spiro atoms. The molecule has 1 aliphatic heterocycles. The Bertz CT molecular complexity index is 482. The van der Waals surface area contributed by atoms with Crippen LogP contribution in [0.15, 0.2) is 18.2 Å². The molecular formula is C13H13F2NO2. The predicted octanol–water partition coefficient (Wildman–Crippen LogP) is 2.10. The van der Waals surface area contributed by atoms with Crippen LogP contribution in [0.25, 0.3) is 0 Å². The molecule has 1 fully saturated rings. The number of aliphatic hydroxyl groups is 1. The van der Waals surface area contributed by atoms with Crippen molar-refractivity contribution < 1.29 is 18.6 Å². The van der Waals surface area contributed by atoms with Crippen molar-refractivity contribution in [3.63, 3.8) is 0 Å². The van der Waals surface area contributed by atoms with E-state index in [1.54, 1.807) is 0 Å². The predicted molar refractivity (Wildman–Crippen MR) is 59.4 cm³/mol. The molecule has 3 nitrogen and oxygen atoms in total. The number of hydrogen-bond acceptors (Lipinski definition) is 3. The van der Waals surface area contributed by atoms with Gasteiger partial charge in [0.1, 0.15) is 22.7 Å². The smallest absolute Gasteiger partial charge is 0.126 e. The van der Waals surface area contributed by atoms with Crippen LogP contribution in [0.5, 0.6) is 0 Å². The van der Waals surface area contributed by atoms with Crippen molar-refractivity contribution in [3.05, 3.63) is 35.4 Å². The highest BCUT2D eigenvalue weighted by Gasteiger charge is 2.51. The van der Waals surface area contributed by atoms with Crippen LogP contribution in [0.3, 0.4) is 0 Å². The van der Waals surface area contributed by atoms with E-state index in [4.69, 9.17) is 4.74 Å². The summed E-state index contributed by atoms with van der Waals surface area (Å²) in [7, 11) is 0. The van der Waals surface area contributed by atoms with Gasteiger partial charge in [0, 0.05) is 12.7 Å². The maximum atomic E-state index is 13.2. The van der Waals surface area contributed by atoms with Gasteiger partial charge in [0.05, 0.1) is 12.7 Å². The highest BCUT2D eigenvalue weighted by molar-refractivity contribution is 5.30. The summed E-state index contributed by atoms with van der Waals surface area (Å²) in [6.45, 7) is 1.79. The van der Waals surface area contributed by atoms with Gasteiger partial charge in [-0.1, -0.05) is 0 Å². The second-order valence-corrected chi connectivity index (χ2v) is 4.73. The summed E-state index contributed by atoms with van der Waals surface area (Å²) in [5.74, 6) is -1.56. The van der Waals surface area contributed by atoms with E-state index in [0.29, 0.717) is 13.0 Å². The zero-order valence-corrected chi connectivity index (χ0v) is 9.91. The van der Waals surface area contributed by atoms with Gasteiger partial charge in [-0.05, 0) is 31.0 Å². The zero-order valence-electron chi connectivity index (χ0n) is 9.91. The summed E-state index contributed by atoms with van der Waals surface area (Å²) in [6.07, 6.45) is 0.328. The third kappa shape index (κ3) is 1.88. The van der Waals surface area contributed by atoms with Crippen LogP contribution in [0.4, 0.5) is 8.78 Å². The van der Waals surface area contributed by atoms with Gasteiger partial charge in [0.2, 0.25) is 0 Å². The summed E-state index contributed by atoms with van der Waals surface area (Å²) < 4.78 is 31.6. The van der Waals surface area contributed by atoms with Gasteiger partial charge in [-0.15, -0.1) is 0 Å². The highest BCUT2D eigenvalue weighted by atomic mass is 19.1. The van der Waals surface area contributed by atoms with Gasteiger partial charge >= 0.3 is 0 Å². The Kier molecular flexibility index (Phi) is 3.09. The van der Waals surface area contributed by atoms with Gasteiger partial charge in [0.25, 0.3) is 0 Å². The van der Waals surface area contributed by atoms with E-state index in [1.165, 1.54) is 6.92 Å². The van der Waals surface area contributed by atoms with Crippen LogP contribution in [-0.2, 0) is 10.3 Å². The quantitative estimate of drug-likeness (QED) is 0.878. The van der Waals surface area contributed by atoms with E-state index in [0.717, 1.165) is 18.2 Å². The molecule has 2 rings (SSSR count). The van der Waals surface area contributed by atoms with Crippen LogP contribution >= 0.6 is 0 Å². The Hall–Kier alpha value is -1.51. The second-order valence-electron chi connectivity index (χ2n) is 4.73. The minimum Gasteiger partial charge on any atom is -0.384 e. The first-order valence-corrected chi connectivity index (χ1v) is 5.59. The second kappa shape index (κ2) is 4.30. The lowest BCUT2D eigenvalue weighted by molar-refractivity contribution is -0.0485. The molecule has 1 aromatic carbocycles. The average Bonchev–Trinajstić information content (AvgIpc) is 2.77. The standard InChI is InChI=1S/C13H13F2NO2/c1-12(17,13(7-16)2-3-18-8-13)9-4-10(14)6-11(15)5-9/h4-6,17H,2-3,8H2,1H3. The molecule has 5 heteroatoms. The Morgan fingerprint density at radius 2 is 2.00 bits per heavy atom. The molecule has 0 aliphatic carbocycles. The van der Waals surface area contributed by atoms with Gasteiger partial charge in [-0.2, -0.15) is 5.26 Å². The number of nitriles is 1. The van der Waals surface area contributed by atoms with E-state index >= 15 is 0 Å². The topological polar surface area (TPSA) is 53.2 Å². The molecule has 0 aromatic heterocycles. The van der Waals surface area contributed by atoms with E-state index in [-0.39, 0.29) is 12.2 Å². The fourth-order valence-corrected chi connectivity index (χ4v) is 2.26. The average molecular weight is 253 g/mol. The molecule has 2 unspecified atom stereocenters. The number of hydrogen-bond donors (Lipinski definition) is 1. The number of nitrogens with zero attached hydrogens (tertiary/aromatic N) is 1. The lowest BCUT2D eigenvalue weighted by atomic mass is 9.70. The first kappa shape index (κ1) is 12.9. The van der Waals surface area contributed by atoms with Crippen molar-refractivity contribution in [2.75, 3.05) is 13.2 Å². The van der Waals surface area contributed by atoms with Crippen LogP contribution in [-0.4, -0.2) is 18.3 Å². The van der Waals surface area contributed by atoms with Crippen LogP contribution in [0, 0.1) is 28.4 Å². The van der Waals surface area contributed by atoms with Crippen molar-refractivity contribution in [3.8, 4) is 6.07 Å². The molecule has 96 valence electrons. The lowest BCUT2D eigenvalue weighted by Gasteiger charge is -2.36. The molecule has 0 radical (unpaired) electrons. The molecule has 1 N–H and O–H groups in total. The summed E-state index contributed by atoms with van der Waals surface area (Å²) in [6, 6.07) is 4.85. The maximum Gasteiger partial charge on any atom is 0.126 e. The van der Waals surface area contributed by atoms with Gasteiger partial charge in [-0.25, -0.2) is 8.78 Å². The first-order chi connectivity index (χ1) is 8.41. The Labute approximate surface area is 104 Å². The molecule has 1 aliphatic rings. The first-order valence-electron chi connectivity index (χ1n) is 5.59. The van der Waals surface area contributed by atoms with E-state index in [9.17, 15) is 19.1 Å². The van der Waals surface area contributed by atoms with Gasteiger partial charge < -0.3 is 9.84 Å². The van der Waals surface area contributed by atoms with E-state index in [2.05, 4.69) is 0 Å². The summed E-state index contributed by atoms with van der Waals surface area (Å²) in [5, 5.41) is 19.8. The molecular weight excluding hydrogens is 240 g/mol. The molecule has 1 heterocycles. The Morgan fingerprint density at radius 3 is 2.44 bits per heavy atom. The lowest BCUT2D eigenvalue weighted by Crippen LogP contribution is -2.43.